The van der Waals surface area contributed by atoms with E-state index in [1.165, 1.54) is 34.0 Å². The summed E-state index contributed by atoms with van der Waals surface area (Å²) in [6.07, 6.45) is 1.62. The summed E-state index contributed by atoms with van der Waals surface area (Å²) in [4.78, 5) is 109. The van der Waals surface area contributed by atoms with Crippen LogP contribution in [0.3, 0.4) is 0 Å². The molecule has 0 spiro atoms. The standard InChI is InChI=1S/C50H50N10O8S3/c1-24(2)38(55-41(61)27-10-8-7-9-11-27)45(65)59-50-54-36(23-71-50)29-12-13-30-19-32(47(67)68-37(30)21-29)42(62)56-39(25(3)4)46(66)60-49-53-35(22-70-49)28-14-15-33-31(18-28)20-34(52-33)43(63)57-40(26(5)6)44(64)58-48-51-16-17-69-48/h7-18,20-26,32,38-40,52H,19H2,1-6H3,(H,55,61)(H,56,62)(H,57,63)(H,51,58,64)(H,53,60,66)(H,54,59,65)/t32?,38-,39-,40-/m0/s1. The minimum atomic E-state index is -1.22. The highest BCUT2D eigenvalue weighted by atomic mass is 32.1. The number of ether oxygens (including phenoxy) is 1. The van der Waals surface area contributed by atoms with E-state index in [2.05, 4.69) is 51.8 Å². The highest BCUT2D eigenvalue weighted by molar-refractivity contribution is 7.14. The van der Waals surface area contributed by atoms with Crippen molar-refractivity contribution < 1.29 is 38.3 Å². The third-order valence-electron chi connectivity index (χ3n) is 11.6. The van der Waals surface area contributed by atoms with Crippen molar-refractivity contribution in [2.75, 3.05) is 16.0 Å². The number of anilines is 3. The van der Waals surface area contributed by atoms with Crippen LogP contribution in [0.5, 0.6) is 5.75 Å². The lowest BCUT2D eigenvalue weighted by molar-refractivity contribution is -0.147. The van der Waals surface area contributed by atoms with Crippen LogP contribution in [-0.4, -0.2) is 79.5 Å². The third kappa shape index (κ3) is 11.7. The van der Waals surface area contributed by atoms with Gasteiger partial charge in [-0.25, -0.2) is 15.0 Å². The van der Waals surface area contributed by atoms with Crippen molar-refractivity contribution in [1.29, 1.82) is 0 Å². The van der Waals surface area contributed by atoms with Crippen LogP contribution < -0.4 is 36.6 Å². The topological polar surface area (TPSA) is 255 Å². The van der Waals surface area contributed by atoms with Gasteiger partial charge in [-0.3, -0.25) is 33.6 Å². The van der Waals surface area contributed by atoms with E-state index in [1.807, 2.05) is 45.9 Å². The summed E-state index contributed by atoms with van der Waals surface area (Å²) in [5, 5.41) is 23.8. The van der Waals surface area contributed by atoms with Crippen LogP contribution in [0.1, 0.15) is 68.0 Å². The zero-order chi connectivity index (χ0) is 50.5. The summed E-state index contributed by atoms with van der Waals surface area (Å²) in [7, 11) is 0. The summed E-state index contributed by atoms with van der Waals surface area (Å²) in [6, 6.07) is 18.4. The fraction of sp³-hybridized carbons (Fsp3) is 0.280. The van der Waals surface area contributed by atoms with E-state index in [0.29, 0.717) is 49.0 Å². The molecule has 4 aromatic heterocycles. The second kappa shape index (κ2) is 21.6. The molecule has 3 aromatic carbocycles. The molecule has 5 heterocycles. The molecule has 8 rings (SSSR count). The molecule has 21 heteroatoms. The summed E-state index contributed by atoms with van der Waals surface area (Å²) in [5.74, 6) is -5.27. The number of carbonyl (C=O) groups excluding carboxylic acids is 7. The largest absolute Gasteiger partial charge is 0.426 e. The Morgan fingerprint density at radius 1 is 0.648 bits per heavy atom. The van der Waals surface area contributed by atoms with E-state index < -0.39 is 53.6 Å². The van der Waals surface area contributed by atoms with Crippen LogP contribution in [0.4, 0.5) is 15.4 Å². The van der Waals surface area contributed by atoms with Crippen molar-refractivity contribution in [2.45, 2.75) is 66.1 Å². The number of benzene rings is 3. The average molecular weight is 1020 g/mol. The SMILES string of the molecule is CC(C)[C@H](NC(=O)c1ccccc1)C(=O)Nc1nc(-c2ccc3c(c2)OC(=O)C(C(=O)N[C@H](C(=O)Nc2nc(-c4ccc5[nH]c(C(=O)N[C@H](C(=O)Nc6nccs6)C(C)C)cc5c4)cs2)C(C)C)C3)cs1. The predicted molar refractivity (Wildman–Crippen MR) is 273 cm³/mol. The van der Waals surface area contributed by atoms with E-state index in [1.54, 1.807) is 90.8 Å². The summed E-state index contributed by atoms with van der Waals surface area (Å²) in [6.45, 7) is 10.9. The average Bonchev–Trinajstić information content (AvgIpc) is 4.20. The Kier molecular flexibility index (Phi) is 15.1. The molecule has 71 heavy (non-hydrogen) atoms. The van der Waals surface area contributed by atoms with Gasteiger partial charge in [0.25, 0.3) is 11.8 Å². The molecule has 0 saturated heterocycles. The number of thiazole rings is 3. The van der Waals surface area contributed by atoms with Gasteiger partial charge in [0.2, 0.25) is 23.6 Å². The first-order valence-electron chi connectivity index (χ1n) is 22.7. The highest BCUT2D eigenvalue weighted by Crippen LogP contribution is 2.35. The van der Waals surface area contributed by atoms with Crippen molar-refractivity contribution in [3.8, 4) is 28.3 Å². The van der Waals surface area contributed by atoms with E-state index in [0.717, 1.165) is 10.9 Å². The van der Waals surface area contributed by atoms with E-state index in [9.17, 15) is 33.6 Å². The lowest BCUT2D eigenvalue weighted by Gasteiger charge is -2.26. The smallest absolute Gasteiger partial charge is 0.324 e. The van der Waals surface area contributed by atoms with Gasteiger partial charge in [-0.05, 0) is 66.1 Å². The number of nitrogens with zero attached hydrogens (tertiary/aromatic N) is 3. The van der Waals surface area contributed by atoms with E-state index in [4.69, 9.17) is 4.74 Å². The van der Waals surface area contributed by atoms with E-state index in [-0.39, 0.29) is 47.4 Å². The van der Waals surface area contributed by atoms with Crippen LogP contribution in [0.25, 0.3) is 33.4 Å². The first-order chi connectivity index (χ1) is 34.0. The van der Waals surface area contributed by atoms with Crippen LogP contribution in [0.2, 0.25) is 0 Å². The second-order valence-corrected chi connectivity index (χ2v) is 20.5. The maximum absolute atomic E-state index is 13.7. The fourth-order valence-electron chi connectivity index (χ4n) is 7.73. The molecule has 0 fully saturated rings. The molecule has 7 aromatic rings. The van der Waals surface area contributed by atoms with Gasteiger partial charge in [0.05, 0.1) is 11.4 Å². The summed E-state index contributed by atoms with van der Waals surface area (Å²) >= 11 is 3.68. The number of amides is 6. The lowest BCUT2D eigenvalue weighted by Crippen LogP contribution is -2.51. The molecule has 18 nitrogen and oxygen atoms in total. The first-order valence-corrected chi connectivity index (χ1v) is 25.3. The number of esters is 1. The number of hydrogen-bond acceptors (Lipinski definition) is 14. The second-order valence-electron chi connectivity index (χ2n) is 17.9. The first kappa shape index (κ1) is 49.8. The van der Waals surface area contributed by atoms with Gasteiger partial charge >= 0.3 is 5.97 Å². The maximum atomic E-state index is 13.7. The molecular formula is C50H50N10O8S3. The molecule has 1 aliphatic rings. The summed E-state index contributed by atoms with van der Waals surface area (Å²) in [5.41, 5.74) is 4.43. The van der Waals surface area contributed by atoms with Crippen molar-refractivity contribution in [1.82, 2.24) is 35.9 Å². The van der Waals surface area contributed by atoms with Gasteiger partial charge in [-0.15, -0.1) is 34.0 Å². The molecule has 0 radical (unpaired) electrons. The molecule has 0 aliphatic carbocycles. The van der Waals surface area contributed by atoms with Gasteiger partial charge in [-0.1, -0.05) is 77.9 Å². The zero-order valence-electron chi connectivity index (χ0n) is 39.3. The molecule has 366 valence electrons. The molecular weight excluding hydrogens is 965 g/mol. The van der Waals surface area contributed by atoms with Crippen LogP contribution in [0, 0.1) is 23.7 Å². The van der Waals surface area contributed by atoms with Gasteiger partial charge < -0.3 is 41.6 Å². The molecule has 1 aliphatic heterocycles. The maximum Gasteiger partial charge on any atom is 0.324 e. The predicted octanol–water partition coefficient (Wildman–Crippen LogP) is 7.51. The number of aromatic nitrogens is 4. The Balaban J connectivity index is 0.861. The Labute approximate surface area is 419 Å². The van der Waals surface area contributed by atoms with Gasteiger partial charge in [0.15, 0.2) is 15.4 Å². The third-order valence-corrected chi connectivity index (χ3v) is 13.8. The number of aromatic amines is 1. The minimum Gasteiger partial charge on any atom is -0.426 e. The fourth-order valence-corrected chi connectivity index (χ4v) is 9.71. The Hall–Kier alpha value is -7.62. The van der Waals surface area contributed by atoms with E-state index >= 15 is 0 Å². The molecule has 7 N–H and O–H groups in total. The zero-order valence-corrected chi connectivity index (χ0v) is 41.8. The Morgan fingerprint density at radius 3 is 1.80 bits per heavy atom. The van der Waals surface area contributed by atoms with Crippen molar-refractivity contribution >= 4 is 102 Å². The number of fused-ring (bicyclic) bond motifs is 2. The van der Waals surface area contributed by atoms with Crippen molar-refractivity contribution in [2.24, 2.45) is 23.7 Å². The van der Waals surface area contributed by atoms with Crippen molar-refractivity contribution in [3.05, 3.63) is 112 Å². The molecule has 0 saturated carbocycles. The Morgan fingerprint density at radius 2 is 1.21 bits per heavy atom. The number of carbonyl (C=O) groups is 7. The van der Waals surface area contributed by atoms with Crippen LogP contribution >= 0.6 is 34.0 Å². The highest BCUT2D eigenvalue weighted by Gasteiger charge is 2.37. The van der Waals surface area contributed by atoms with Gasteiger partial charge in [0.1, 0.15) is 35.5 Å². The normalized spacial score (nSPS) is 14.5. The summed E-state index contributed by atoms with van der Waals surface area (Å²) < 4.78 is 5.68. The monoisotopic (exact) mass is 1010 g/mol. The molecule has 6 amide bonds. The van der Waals surface area contributed by atoms with Gasteiger partial charge in [0, 0.05) is 49.9 Å². The number of hydrogen-bond donors (Lipinski definition) is 7. The molecule has 1 unspecified atom stereocenters. The van der Waals surface area contributed by atoms with Crippen LogP contribution in [0.15, 0.2) is 95.1 Å². The number of H-pyrrole nitrogens is 1. The molecule has 4 atom stereocenters. The minimum absolute atomic E-state index is 0.0351. The molecule has 0 bridgehead atoms. The van der Waals surface area contributed by atoms with Gasteiger partial charge in [-0.2, -0.15) is 0 Å². The Bertz CT molecular complexity index is 3130. The number of nitrogens with one attached hydrogen (secondary N) is 7. The van der Waals surface area contributed by atoms with Crippen LogP contribution in [-0.2, 0) is 30.4 Å². The number of rotatable bonds is 17. The quantitative estimate of drug-likeness (QED) is 0.0267. The lowest BCUT2D eigenvalue weighted by atomic mass is 9.93. The van der Waals surface area contributed by atoms with Crippen molar-refractivity contribution in [3.63, 3.8) is 0 Å².